The Morgan fingerprint density at radius 2 is 1.97 bits per heavy atom. The van der Waals surface area contributed by atoms with E-state index in [0.29, 0.717) is 26.3 Å². The average Bonchev–Trinajstić information content (AvgIpc) is 3.14. The van der Waals surface area contributed by atoms with Gasteiger partial charge in [0.2, 0.25) is 0 Å². The first-order valence-electron chi connectivity index (χ1n) is 10.6. The third-order valence-electron chi connectivity index (χ3n) is 5.87. The zero-order valence-corrected chi connectivity index (χ0v) is 22.0. The second-order valence-corrected chi connectivity index (χ2v) is 12.3. The fraction of sp³-hybridized carbons (Fsp3) is 0.292. The molecule has 35 heavy (non-hydrogen) atoms. The third-order valence-corrected chi connectivity index (χ3v) is 8.82. The number of nitrogens with zero attached hydrogens (tertiary/aromatic N) is 4. The number of nitriles is 1. The molecule has 0 unspecified atom stereocenters. The van der Waals surface area contributed by atoms with Gasteiger partial charge in [0.1, 0.15) is 10.3 Å². The minimum atomic E-state index is -3.12. The largest absolute Gasteiger partial charge is 0.294 e. The summed E-state index contributed by atoms with van der Waals surface area (Å²) in [6.07, 6.45) is 1.42. The van der Waals surface area contributed by atoms with Crippen LogP contribution in [0.5, 0.6) is 0 Å². The molecule has 0 amide bonds. The maximum Gasteiger partial charge on any atom is 0.185 e. The van der Waals surface area contributed by atoms with Crippen LogP contribution in [0.3, 0.4) is 0 Å². The monoisotopic (exact) mass is 574 g/mol. The van der Waals surface area contributed by atoms with Crippen molar-refractivity contribution in [3.05, 3.63) is 74.1 Å². The van der Waals surface area contributed by atoms with Crippen LogP contribution in [0.25, 0.3) is 5.82 Å². The van der Waals surface area contributed by atoms with E-state index in [2.05, 4.69) is 26.0 Å². The van der Waals surface area contributed by atoms with E-state index in [1.165, 1.54) is 16.9 Å². The number of hydrogen-bond donors (Lipinski definition) is 0. The predicted octanol–water partition coefficient (Wildman–Crippen LogP) is 4.30. The molecular formula is C24H20BrClN4O4S. The van der Waals surface area contributed by atoms with Gasteiger partial charge in [-0.25, -0.2) is 18.1 Å². The Morgan fingerprint density at radius 1 is 1.26 bits per heavy atom. The number of halogens is 2. The lowest BCUT2D eigenvalue weighted by Crippen LogP contribution is -2.47. The highest BCUT2D eigenvalue weighted by Crippen LogP contribution is 2.37. The Morgan fingerprint density at radius 3 is 2.60 bits per heavy atom. The van der Waals surface area contributed by atoms with Gasteiger partial charge in [-0.3, -0.25) is 9.59 Å². The highest BCUT2D eigenvalue weighted by Gasteiger charge is 2.46. The first-order valence-corrected chi connectivity index (χ1v) is 13.6. The summed E-state index contributed by atoms with van der Waals surface area (Å²) in [6, 6.07) is 9.98. The Kier molecular flexibility index (Phi) is 6.70. The van der Waals surface area contributed by atoms with E-state index in [0.717, 1.165) is 0 Å². The predicted molar refractivity (Wildman–Crippen MR) is 134 cm³/mol. The van der Waals surface area contributed by atoms with E-state index in [9.17, 15) is 23.3 Å². The average molecular weight is 576 g/mol. The smallest absolute Gasteiger partial charge is 0.185 e. The number of aryl methyl sites for hydroxylation is 1. The molecule has 1 aliphatic heterocycles. The number of benzene rings is 1. The molecule has 0 radical (unpaired) electrons. The van der Waals surface area contributed by atoms with Crippen LogP contribution in [-0.2, 0) is 16.3 Å². The SMILES string of the molecule is Cc1cc(C#N)cc(C(=O)CC2(C)CS(=O)(=O)C2)c1CC(=O)c1cc(Br)nn1-c1ncccc1Cl. The summed E-state index contributed by atoms with van der Waals surface area (Å²) in [6.45, 7) is 3.49. The summed E-state index contributed by atoms with van der Waals surface area (Å²) in [5, 5.41) is 14.0. The number of sulfone groups is 1. The van der Waals surface area contributed by atoms with Crippen LogP contribution in [0.4, 0.5) is 0 Å². The molecule has 1 fully saturated rings. The van der Waals surface area contributed by atoms with Crippen molar-refractivity contribution in [3.8, 4) is 11.9 Å². The van der Waals surface area contributed by atoms with Crippen molar-refractivity contribution >= 4 is 48.9 Å². The molecule has 2 aromatic heterocycles. The lowest BCUT2D eigenvalue weighted by molar-refractivity contribution is 0.0935. The van der Waals surface area contributed by atoms with Crippen molar-refractivity contribution in [1.29, 1.82) is 5.26 Å². The van der Waals surface area contributed by atoms with Gasteiger partial charge in [0.15, 0.2) is 27.2 Å². The van der Waals surface area contributed by atoms with Gasteiger partial charge in [0.25, 0.3) is 0 Å². The number of aromatic nitrogens is 3. The van der Waals surface area contributed by atoms with Crippen molar-refractivity contribution in [3.63, 3.8) is 0 Å². The molecule has 180 valence electrons. The summed E-state index contributed by atoms with van der Waals surface area (Å²) >= 11 is 9.55. The van der Waals surface area contributed by atoms with Gasteiger partial charge in [-0.05, 0) is 58.2 Å². The molecule has 0 aliphatic carbocycles. The number of carbonyl (C=O) groups is 2. The Labute approximate surface area is 216 Å². The topological polar surface area (TPSA) is 123 Å². The Bertz CT molecular complexity index is 1510. The standard InChI is InChI=1S/C24H20BrClN4O4S/c1-14-6-15(11-27)7-17(21(32)10-24(2)12-35(33,34)13-24)16(14)8-20(31)19-9-22(25)29-30(19)23-18(26)4-3-5-28-23/h3-7,9H,8,10,12-13H2,1-2H3. The molecule has 0 spiro atoms. The van der Waals surface area contributed by atoms with Crippen LogP contribution >= 0.6 is 27.5 Å². The quantitative estimate of drug-likeness (QED) is 0.385. The third kappa shape index (κ3) is 5.22. The van der Waals surface area contributed by atoms with Crippen molar-refractivity contribution < 1.29 is 18.0 Å². The van der Waals surface area contributed by atoms with Crippen LogP contribution in [0, 0.1) is 23.7 Å². The van der Waals surface area contributed by atoms with E-state index in [1.807, 2.05) is 6.07 Å². The van der Waals surface area contributed by atoms with Crippen LogP contribution in [-0.4, -0.2) is 46.3 Å². The summed E-state index contributed by atoms with van der Waals surface area (Å²) in [5.74, 6) is -0.462. The Hall–Kier alpha value is -2.87. The van der Waals surface area contributed by atoms with Gasteiger partial charge in [-0.2, -0.15) is 10.4 Å². The minimum absolute atomic E-state index is 0.00870. The number of hydrogen-bond acceptors (Lipinski definition) is 7. The highest BCUT2D eigenvalue weighted by atomic mass is 79.9. The maximum atomic E-state index is 13.4. The van der Waals surface area contributed by atoms with E-state index < -0.39 is 15.3 Å². The van der Waals surface area contributed by atoms with E-state index in [1.54, 1.807) is 38.1 Å². The number of Topliss-reactive ketones (excluding diaryl/α,β-unsaturated/α-hetero) is 2. The van der Waals surface area contributed by atoms with Crippen LogP contribution < -0.4 is 0 Å². The second kappa shape index (κ2) is 9.30. The highest BCUT2D eigenvalue weighted by molar-refractivity contribution is 9.10. The molecule has 1 aromatic carbocycles. The molecule has 0 atom stereocenters. The fourth-order valence-corrected chi connectivity index (χ4v) is 7.29. The summed E-state index contributed by atoms with van der Waals surface area (Å²) < 4.78 is 25.1. The molecule has 3 heterocycles. The van der Waals surface area contributed by atoms with Gasteiger partial charge in [-0.1, -0.05) is 18.5 Å². The number of ketones is 2. The van der Waals surface area contributed by atoms with Crippen molar-refractivity contribution in [2.75, 3.05) is 11.5 Å². The van der Waals surface area contributed by atoms with E-state index >= 15 is 0 Å². The van der Waals surface area contributed by atoms with Gasteiger partial charge in [-0.15, -0.1) is 0 Å². The first-order chi connectivity index (χ1) is 16.4. The second-order valence-electron chi connectivity index (χ2n) is 9.05. The molecule has 0 bridgehead atoms. The Balaban J connectivity index is 1.70. The summed E-state index contributed by atoms with van der Waals surface area (Å²) in [5.41, 5.74) is 1.21. The molecule has 3 aromatic rings. The van der Waals surface area contributed by atoms with Crippen molar-refractivity contribution in [1.82, 2.24) is 14.8 Å². The zero-order chi connectivity index (χ0) is 25.5. The van der Waals surface area contributed by atoms with E-state index in [4.69, 9.17) is 11.6 Å². The van der Waals surface area contributed by atoms with Gasteiger partial charge in [0.05, 0.1) is 28.2 Å². The number of pyridine rings is 1. The van der Waals surface area contributed by atoms with Crippen LogP contribution in [0.15, 0.2) is 41.1 Å². The van der Waals surface area contributed by atoms with Gasteiger partial charge < -0.3 is 0 Å². The van der Waals surface area contributed by atoms with Gasteiger partial charge >= 0.3 is 0 Å². The molecule has 1 aliphatic rings. The minimum Gasteiger partial charge on any atom is -0.294 e. The first kappa shape index (κ1) is 25.2. The lowest BCUT2D eigenvalue weighted by Gasteiger charge is -2.37. The van der Waals surface area contributed by atoms with Crippen molar-refractivity contribution in [2.45, 2.75) is 26.7 Å². The molecule has 1 saturated heterocycles. The molecule has 8 nitrogen and oxygen atoms in total. The number of rotatable bonds is 7. The fourth-order valence-electron chi connectivity index (χ4n) is 4.47. The summed E-state index contributed by atoms with van der Waals surface area (Å²) in [7, 11) is -3.12. The molecule has 11 heteroatoms. The maximum absolute atomic E-state index is 13.4. The summed E-state index contributed by atoms with van der Waals surface area (Å²) in [4.78, 5) is 31.0. The van der Waals surface area contributed by atoms with Crippen LogP contribution in [0.2, 0.25) is 5.02 Å². The molecule has 0 N–H and O–H groups in total. The zero-order valence-electron chi connectivity index (χ0n) is 18.9. The van der Waals surface area contributed by atoms with Crippen molar-refractivity contribution in [2.24, 2.45) is 5.41 Å². The normalized spacial score (nSPS) is 15.7. The van der Waals surface area contributed by atoms with Gasteiger partial charge in [0, 0.05) is 36.1 Å². The molecular weight excluding hydrogens is 556 g/mol. The van der Waals surface area contributed by atoms with Crippen LogP contribution in [0.1, 0.15) is 50.9 Å². The lowest BCUT2D eigenvalue weighted by atomic mass is 9.83. The molecule has 0 saturated carbocycles. The number of carbonyl (C=O) groups excluding carboxylic acids is 2. The van der Waals surface area contributed by atoms with E-state index in [-0.39, 0.29) is 53.0 Å². The molecule has 4 rings (SSSR count).